The summed E-state index contributed by atoms with van der Waals surface area (Å²) in [7, 11) is 0. The molecule has 0 aliphatic carbocycles. The highest BCUT2D eigenvalue weighted by Gasteiger charge is 2.48. The third-order valence-corrected chi connectivity index (χ3v) is 5.49. The van der Waals surface area contributed by atoms with Gasteiger partial charge in [-0.05, 0) is 65.2 Å². The molecule has 3 amide bonds. The van der Waals surface area contributed by atoms with E-state index in [0.29, 0.717) is 12.1 Å². The number of likely N-dealkylation sites (N-methyl/N-ethyl adjacent to an activating group) is 1. The van der Waals surface area contributed by atoms with Gasteiger partial charge in [0.25, 0.3) is 11.8 Å². The number of carbonyl (C=O) groups is 3. The van der Waals surface area contributed by atoms with Crippen molar-refractivity contribution in [1.29, 1.82) is 0 Å². The van der Waals surface area contributed by atoms with Crippen molar-refractivity contribution in [2.75, 3.05) is 11.6 Å². The molecule has 8 heteroatoms. The Hall–Kier alpha value is -3.39. The molecule has 2 aromatic carbocycles. The molecule has 1 N–H and O–H groups in total. The monoisotopic (exact) mass is 481 g/mol. The first kappa shape index (κ1) is 26.2. The highest BCUT2D eigenvalue weighted by atomic mass is 16.6. The van der Waals surface area contributed by atoms with E-state index in [2.05, 4.69) is 5.32 Å². The van der Waals surface area contributed by atoms with Crippen molar-refractivity contribution in [1.82, 2.24) is 10.3 Å². The first-order chi connectivity index (χ1) is 16.6. The van der Waals surface area contributed by atoms with Crippen LogP contribution in [-0.4, -0.2) is 53.3 Å². The fraction of sp³-hybridized carbons (Fsp3) is 0.444. The standard InChI is InChI=1S/C27H35N3O5/c1-6-29(24(31)19(2)28-26(33)35-27(3,4)5)30(21-15-11-8-12-16-21)25(32)23-22(34-23)18-17-20-13-9-7-10-14-20/h7-16,19,22-23H,6,17-18H2,1-5H3,(H,28,33)/t19-,22+,23-/m0/s1. The number of hydrazine groups is 1. The minimum absolute atomic E-state index is 0.208. The van der Waals surface area contributed by atoms with Crippen molar-refractivity contribution in [3.8, 4) is 0 Å². The van der Waals surface area contributed by atoms with Crippen molar-refractivity contribution in [2.45, 2.75) is 71.3 Å². The molecule has 1 heterocycles. The lowest BCUT2D eigenvalue weighted by Gasteiger charge is -2.35. The number of hydrogen-bond donors (Lipinski definition) is 1. The lowest BCUT2D eigenvalue weighted by molar-refractivity contribution is -0.138. The Bertz CT molecular complexity index is 1010. The minimum atomic E-state index is -0.905. The molecule has 0 radical (unpaired) electrons. The Morgan fingerprint density at radius 2 is 1.63 bits per heavy atom. The zero-order valence-corrected chi connectivity index (χ0v) is 21.1. The smallest absolute Gasteiger partial charge is 0.408 e. The summed E-state index contributed by atoms with van der Waals surface area (Å²) in [4.78, 5) is 39.1. The quantitative estimate of drug-likeness (QED) is 0.453. The van der Waals surface area contributed by atoms with Gasteiger partial charge in [-0.1, -0.05) is 48.5 Å². The summed E-state index contributed by atoms with van der Waals surface area (Å²) in [6, 6.07) is 18.1. The number of ether oxygens (including phenoxy) is 2. The second-order valence-corrected chi connectivity index (χ2v) is 9.53. The molecule has 0 unspecified atom stereocenters. The molecular formula is C27H35N3O5. The summed E-state index contributed by atoms with van der Waals surface area (Å²) in [6.07, 6.45) is -0.0263. The van der Waals surface area contributed by atoms with Crippen LogP contribution in [0.2, 0.25) is 0 Å². The Labute approximate surface area is 207 Å². The van der Waals surface area contributed by atoms with Crippen LogP contribution in [0.3, 0.4) is 0 Å². The molecule has 0 spiro atoms. The molecule has 1 fully saturated rings. The molecule has 0 saturated carbocycles. The van der Waals surface area contributed by atoms with E-state index in [1.54, 1.807) is 58.9 Å². The Morgan fingerprint density at radius 1 is 1.03 bits per heavy atom. The first-order valence-electron chi connectivity index (χ1n) is 12.0. The maximum absolute atomic E-state index is 13.6. The van der Waals surface area contributed by atoms with Crippen molar-refractivity contribution in [3.63, 3.8) is 0 Å². The van der Waals surface area contributed by atoms with Crippen LogP contribution in [0.15, 0.2) is 60.7 Å². The lowest BCUT2D eigenvalue weighted by atomic mass is 10.1. The van der Waals surface area contributed by atoms with Crippen LogP contribution >= 0.6 is 0 Å². The third-order valence-electron chi connectivity index (χ3n) is 5.49. The van der Waals surface area contributed by atoms with E-state index in [-0.39, 0.29) is 18.6 Å². The van der Waals surface area contributed by atoms with Gasteiger partial charge in [0, 0.05) is 6.54 Å². The van der Waals surface area contributed by atoms with Crippen molar-refractivity contribution < 1.29 is 23.9 Å². The van der Waals surface area contributed by atoms with Crippen LogP contribution in [0, 0.1) is 0 Å². The Kier molecular flexibility index (Phi) is 8.51. The van der Waals surface area contributed by atoms with Crippen molar-refractivity contribution in [2.24, 2.45) is 0 Å². The van der Waals surface area contributed by atoms with Gasteiger partial charge in [0.1, 0.15) is 11.6 Å². The zero-order chi connectivity index (χ0) is 25.6. The number of hydrogen-bond acceptors (Lipinski definition) is 5. The highest BCUT2D eigenvalue weighted by molar-refractivity contribution is 6.01. The normalized spacial score (nSPS) is 17.7. The summed E-state index contributed by atoms with van der Waals surface area (Å²) in [5.41, 5.74) is 1.04. The van der Waals surface area contributed by atoms with Gasteiger partial charge in [-0.2, -0.15) is 0 Å². The summed E-state index contributed by atoms with van der Waals surface area (Å²) in [5.74, 6) is -0.744. The van der Waals surface area contributed by atoms with Crippen molar-refractivity contribution >= 4 is 23.6 Å². The molecule has 0 aromatic heterocycles. The molecule has 8 nitrogen and oxygen atoms in total. The number of carbonyl (C=O) groups excluding carboxylic acids is 3. The molecule has 1 saturated heterocycles. The maximum Gasteiger partial charge on any atom is 0.408 e. The van der Waals surface area contributed by atoms with Gasteiger partial charge in [0.05, 0.1) is 11.8 Å². The van der Waals surface area contributed by atoms with E-state index < -0.39 is 29.7 Å². The van der Waals surface area contributed by atoms with Gasteiger partial charge in [-0.3, -0.25) is 9.59 Å². The molecule has 1 aliphatic rings. The average molecular weight is 482 g/mol. The minimum Gasteiger partial charge on any atom is -0.444 e. The topological polar surface area (TPSA) is 91.5 Å². The van der Waals surface area contributed by atoms with Crippen LogP contribution in [0.4, 0.5) is 10.5 Å². The largest absolute Gasteiger partial charge is 0.444 e. The number of rotatable bonds is 8. The van der Waals surface area contributed by atoms with E-state index in [4.69, 9.17) is 9.47 Å². The SMILES string of the molecule is CCN(C(=O)[C@H](C)NC(=O)OC(C)(C)C)N(C(=O)[C@H]1O[C@@H]1CCc1ccccc1)c1ccccc1. The molecule has 0 bridgehead atoms. The molecular weight excluding hydrogens is 446 g/mol. The number of nitrogens with zero attached hydrogens (tertiary/aromatic N) is 2. The fourth-order valence-corrected chi connectivity index (χ4v) is 3.77. The second-order valence-electron chi connectivity index (χ2n) is 9.53. The van der Waals surface area contributed by atoms with Crippen molar-refractivity contribution in [3.05, 3.63) is 66.2 Å². The summed E-state index contributed by atoms with van der Waals surface area (Å²) >= 11 is 0. The third kappa shape index (κ3) is 7.29. The Balaban J connectivity index is 1.72. The van der Waals surface area contributed by atoms with Crippen LogP contribution in [0.25, 0.3) is 0 Å². The second kappa shape index (κ2) is 11.4. The van der Waals surface area contributed by atoms with Gasteiger partial charge >= 0.3 is 6.09 Å². The number of nitrogens with one attached hydrogen (secondary N) is 1. The van der Waals surface area contributed by atoms with Crippen LogP contribution in [0.1, 0.15) is 46.6 Å². The van der Waals surface area contributed by atoms with Gasteiger partial charge in [-0.15, -0.1) is 0 Å². The number of amides is 3. The summed E-state index contributed by atoms with van der Waals surface area (Å²) < 4.78 is 11.0. The molecule has 188 valence electrons. The number of para-hydroxylation sites is 1. The molecule has 1 aliphatic heterocycles. The molecule has 35 heavy (non-hydrogen) atoms. The van der Waals surface area contributed by atoms with Gasteiger partial charge < -0.3 is 14.8 Å². The van der Waals surface area contributed by atoms with Crippen LogP contribution in [-0.2, 0) is 25.5 Å². The number of epoxide rings is 1. The first-order valence-corrected chi connectivity index (χ1v) is 12.0. The number of anilines is 1. The van der Waals surface area contributed by atoms with E-state index in [1.165, 1.54) is 15.6 Å². The maximum atomic E-state index is 13.6. The molecule has 3 atom stereocenters. The van der Waals surface area contributed by atoms with E-state index in [1.807, 2.05) is 36.4 Å². The predicted octanol–water partition coefficient (Wildman–Crippen LogP) is 4.10. The predicted molar refractivity (Wildman–Crippen MR) is 134 cm³/mol. The zero-order valence-electron chi connectivity index (χ0n) is 21.1. The summed E-state index contributed by atoms with van der Waals surface area (Å²) in [5, 5.41) is 5.27. The fourth-order valence-electron chi connectivity index (χ4n) is 3.77. The van der Waals surface area contributed by atoms with Gasteiger partial charge in [0.2, 0.25) is 0 Å². The van der Waals surface area contributed by atoms with Crippen LogP contribution in [0.5, 0.6) is 0 Å². The van der Waals surface area contributed by atoms with E-state index >= 15 is 0 Å². The Morgan fingerprint density at radius 3 is 2.20 bits per heavy atom. The number of benzene rings is 2. The molecule has 3 rings (SSSR count). The highest BCUT2D eigenvalue weighted by Crippen LogP contribution is 2.31. The van der Waals surface area contributed by atoms with Crippen LogP contribution < -0.4 is 10.3 Å². The van der Waals surface area contributed by atoms with Gasteiger partial charge in [0.15, 0.2) is 6.10 Å². The number of alkyl carbamates (subject to hydrolysis) is 1. The number of aryl methyl sites for hydroxylation is 1. The van der Waals surface area contributed by atoms with E-state index in [9.17, 15) is 14.4 Å². The average Bonchev–Trinajstić information content (AvgIpc) is 3.60. The lowest BCUT2D eigenvalue weighted by Crippen LogP contribution is -2.57. The molecule has 2 aromatic rings. The summed E-state index contributed by atoms with van der Waals surface area (Å²) in [6.45, 7) is 8.81. The van der Waals surface area contributed by atoms with Gasteiger partial charge in [-0.25, -0.2) is 14.8 Å². The van der Waals surface area contributed by atoms with E-state index in [0.717, 1.165) is 6.42 Å².